The summed E-state index contributed by atoms with van der Waals surface area (Å²) in [5, 5.41) is 7.19. The summed E-state index contributed by atoms with van der Waals surface area (Å²) in [5.41, 5.74) is 5.21. The van der Waals surface area contributed by atoms with Crippen molar-refractivity contribution in [2.45, 2.75) is 24.8 Å². The van der Waals surface area contributed by atoms with Gasteiger partial charge in [-0.2, -0.15) is 0 Å². The second-order valence-corrected chi connectivity index (χ2v) is 10.2. The molecule has 1 heterocycles. The summed E-state index contributed by atoms with van der Waals surface area (Å²) in [6.07, 6.45) is 0.961. The molecule has 0 saturated carbocycles. The molecule has 5 rings (SSSR count). The van der Waals surface area contributed by atoms with Crippen molar-refractivity contribution in [3.63, 3.8) is 0 Å². The fourth-order valence-electron chi connectivity index (χ4n) is 5.42. The fourth-order valence-corrected chi connectivity index (χ4v) is 6.04. The first-order valence-corrected chi connectivity index (χ1v) is 13.3. The van der Waals surface area contributed by atoms with Crippen molar-refractivity contribution in [1.82, 2.24) is 0 Å². The Morgan fingerprint density at radius 2 is 1.33 bits per heavy atom. The number of Topliss-reactive ketones (excluding diaryl/α,β-unsaturated/α-hetero) is 1. The van der Waals surface area contributed by atoms with Crippen LogP contribution in [-0.4, -0.2) is 41.3 Å². The van der Waals surface area contributed by atoms with Crippen LogP contribution >= 0.6 is 15.9 Å². The zero-order valence-corrected chi connectivity index (χ0v) is 24.1. The van der Waals surface area contributed by atoms with Crippen LogP contribution in [0.25, 0.3) is 0 Å². The van der Waals surface area contributed by atoms with Crippen LogP contribution in [0.3, 0.4) is 0 Å². The van der Waals surface area contributed by atoms with Crippen molar-refractivity contribution in [2.75, 3.05) is 46.2 Å². The third-order valence-corrected chi connectivity index (χ3v) is 7.85. The molecule has 0 bridgehead atoms. The van der Waals surface area contributed by atoms with Gasteiger partial charge in [0, 0.05) is 17.7 Å². The highest BCUT2D eigenvalue weighted by molar-refractivity contribution is 9.10. The molecule has 2 atom stereocenters. The molecule has 2 N–H and O–H groups in total. The lowest BCUT2D eigenvalue weighted by Crippen LogP contribution is -2.27. The molecule has 39 heavy (non-hydrogen) atoms. The Labute approximate surface area is 236 Å². The first-order chi connectivity index (χ1) is 18.9. The molecule has 1 aliphatic heterocycles. The molecular formula is C30H31BrN2O6. The normalized spacial score (nSPS) is 18.2. The lowest BCUT2D eigenvalue weighted by molar-refractivity contribution is -0.116. The van der Waals surface area contributed by atoms with E-state index in [9.17, 15) is 4.79 Å². The second kappa shape index (κ2) is 11.1. The Morgan fingerprint density at radius 3 is 1.95 bits per heavy atom. The van der Waals surface area contributed by atoms with Gasteiger partial charge >= 0.3 is 0 Å². The highest BCUT2D eigenvalue weighted by Gasteiger charge is 2.37. The Balaban J connectivity index is 1.63. The van der Waals surface area contributed by atoms with E-state index in [1.807, 2.05) is 48.5 Å². The summed E-state index contributed by atoms with van der Waals surface area (Å²) in [5.74, 6) is 2.80. The number of allylic oxidation sites excluding steroid dienone is 1. The molecule has 0 radical (unpaired) electrons. The smallest absolute Gasteiger partial charge is 0.203 e. The number of benzene rings is 3. The summed E-state index contributed by atoms with van der Waals surface area (Å²) >= 11 is 3.62. The minimum atomic E-state index is -0.402. The molecule has 0 amide bonds. The number of fused-ring (bicyclic) bond motifs is 1. The van der Waals surface area contributed by atoms with E-state index < -0.39 is 6.04 Å². The first kappa shape index (κ1) is 26.7. The van der Waals surface area contributed by atoms with E-state index in [4.69, 9.17) is 23.7 Å². The molecular weight excluding hydrogens is 564 g/mol. The van der Waals surface area contributed by atoms with E-state index in [2.05, 4.69) is 26.6 Å². The molecule has 0 fully saturated rings. The van der Waals surface area contributed by atoms with Crippen LogP contribution < -0.4 is 34.3 Å². The predicted molar refractivity (Wildman–Crippen MR) is 154 cm³/mol. The number of nitrogens with one attached hydrogen (secondary N) is 2. The lowest BCUT2D eigenvalue weighted by Gasteiger charge is -2.30. The zero-order valence-electron chi connectivity index (χ0n) is 22.5. The van der Waals surface area contributed by atoms with Crippen LogP contribution in [-0.2, 0) is 4.79 Å². The number of hydrogen-bond donors (Lipinski definition) is 2. The van der Waals surface area contributed by atoms with Crippen molar-refractivity contribution in [2.24, 2.45) is 0 Å². The van der Waals surface area contributed by atoms with E-state index >= 15 is 0 Å². The van der Waals surface area contributed by atoms with Gasteiger partial charge in [-0.1, -0.05) is 12.1 Å². The number of ether oxygens (including phenoxy) is 5. The maximum Gasteiger partial charge on any atom is 0.203 e. The number of carbonyl (C=O) groups excluding carboxylic acids is 1. The van der Waals surface area contributed by atoms with Crippen molar-refractivity contribution in [1.29, 1.82) is 0 Å². The summed E-state index contributed by atoms with van der Waals surface area (Å²) in [4.78, 5) is 14.0. The largest absolute Gasteiger partial charge is 0.493 e. The quantitative estimate of drug-likeness (QED) is 0.322. The predicted octanol–water partition coefficient (Wildman–Crippen LogP) is 6.47. The van der Waals surface area contributed by atoms with Gasteiger partial charge in [-0.15, -0.1) is 0 Å². The maximum absolute atomic E-state index is 14.0. The number of hydrogen-bond acceptors (Lipinski definition) is 8. The minimum absolute atomic E-state index is 0.0544. The summed E-state index contributed by atoms with van der Waals surface area (Å²) in [7, 11) is 7.96. The average Bonchev–Trinajstić information content (AvgIpc) is 3.12. The topological polar surface area (TPSA) is 87.3 Å². The molecule has 3 aromatic carbocycles. The Bertz CT molecular complexity index is 1430. The van der Waals surface area contributed by atoms with Gasteiger partial charge in [-0.3, -0.25) is 4.79 Å². The van der Waals surface area contributed by atoms with Crippen molar-refractivity contribution in [3.8, 4) is 28.7 Å². The van der Waals surface area contributed by atoms with Gasteiger partial charge in [0.2, 0.25) is 5.75 Å². The molecule has 9 heteroatoms. The Hall–Kier alpha value is -3.85. The molecule has 2 aliphatic rings. The molecule has 3 aromatic rings. The lowest BCUT2D eigenvalue weighted by atomic mass is 9.78. The van der Waals surface area contributed by atoms with Gasteiger partial charge < -0.3 is 34.3 Å². The van der Waals surface area contributed by atoms with Crippen molar-refractivity contribution in [3.05, 3.63) is 75.4 Å². The van der Waals surface area contributed by atoms with Crippen LogP contribution in [0.2, 0.25) is 0 Å². The van der Waals surface area contributed by atoms with Crippen LogP contribution in [0.1, 0.15) is 35.9 Å². The third kappa shape index (κ3) is 4.87. The Kier molecular flexibility index (Phi) is 7.61. The highest BCUT2D eigenvalue weighted by atomic mass is 79.9. The van der Waals surface area contributed by atoms with Gasteiger partial charge in [-0.25, -0.2) is 0 Å². The maximum atomic E-state index is 14.0. The SMILES string of the molecule is COc1cc([C@H]2Nc3ccccc3NC3=C2C(=O)C[C@@H](c2cc(OC)c(OC)c(OC)c2)C3)cc(Br)c1OC. The first-order valence-electron chi connectivity index (χ1n) is 12.5. The monoisotopic (exact) mass is 594 g/mol. The number of para-hydroxylation sites is 2. The number of ketones is 1. The van der Waals surface area contributed by atoms with E-state index in [1.54, 1.807) is 35.5 Å². The van der Waals surface area contributed by atoms with Crippen molar-refractivity contribution < 1.29 is 28.5 Å². The summed E-state index contributed by atoms with van der Waals surface area (Å²) in [6, 6.07) is 15.3. The molecule has 1 aliphatic carbocycles. The molecule has 204 valence electrons. The standard InChI is InChI=1S/C30H31BrN2O6/c1-35-24-15-18(10-19(31)29(24)38-4)28-27-22(32-20-8-6-7-9-21(20)33-28)11-16(12-23(27)34)17-13-25(36-2)30(39-5)26(14-17)37-3/h6-10,13-16,28,32-33H,11-12H2,1-5H3/t16-,28+/m0/s1. The minimum Gasteiger partial charge on any atom is -0.493 e. The third-order valence-electron chi connectivity index (χ3n) is 7.26. The van der Waals surface area contributed by atoms with Gasteiger partial charge in [0.25, 0.3) is 0 Å². The molecule has 8 nitrogen and oxygen atoms in total. The zero-order chi connectivity index (χ0) is 27.7. The number of anilines is 2. The molecule has 0 unspecified atom stereocenters. The van der Waals surface area contributed by atoms with E-state index in [1.165, 1.54) is 0 Å². The molecule has 0 aromatic heterocycles. The van der Waals surface area contributed by atoms with Gasteiger partial charge in [0.15, 0.2) is 28.8 Å². The van der Waals surface area contributed by atoms with Crippen LogP contribution in [0.5, 0.6) is 28.7 Å². The second-order valence-electron chi connectivity index (χ2n) is 9.37. The number of carbonyl (C=O) groups is 1. The van der Waals surface area contributed by atoms with Crippen LogP contribution in [0.4, 0.5) is 11.4 Å². The molecule has 0 saturated heterocycles. The van der Waals surface area contributed by atoms with E-state index in [0.717, 1.165) is 32.7 Å². The van der Waals surface area contributed by atoms with Gasteiger partial charge in [0.1, 0.15) is 0 Å². The molecule has 0 spiro atoms. The van der Waals surface area contributed by atoms with E-state index in [0.29, 0.717) is 47.2 Å². The Morgan fingerprint density at radius 1 is 0.744 bits per heavy atom. The fraction of sp³-hybridized carbons (Fsp3) is 0.300. The number of methoxy groups -OCH3 is 5. The van der Waals surface area contributed by atoms with E-state index in [-0.39, 0.29) is 11.7 Å². The van der Waals surface area contributed by atoms with Crippen LogP contribution in [0.15, 0.2) is 64.3 Å². The average molecular weight is 595 g/mol. The van der Waals surface area contributed by atoms with Gasteiger partial charge in [0.05, 0.1) is 57.4 Å². The highest BCUT2D eigenvalue weighted by Crippen LogP contribution is 2.48. The summed E-state index contributed by atoms with van der Waals surface area (Å²) in [6.45, 7) is 0. The summed E-state index contributed by atoms with van der Waals surface area (Å²) < 4.78 is 28.5. The number of halogens is 1. The number of rotatable bonds is 7. The van der Waals surface area contributed by atoms with Crippen molar-refractivity contribution >= 4 is 33.1 Å². The van der Waals surface area contributed by atoms with Gasteiger partial charge in [-0.05, 0) is 75.8 Å². The van der Waals surface area contributed by atoms with Crippen LogP contribution in [0, 0.1) is 0 Å².